The Morgan fingerprint density at radius 3 is 1.00 bits per heavy atom. The minimum Gasteiger partial charge on any atom is -0.310 e. The standard InChI is InChI=1S/C53H43N3/c1-52(2)42-18-8-12-22-48(42)55(49-23-13-9-19-43(49)52)40-30-26-37(27-31-40)46-34-39(36-16-6-5-7-17-36)35-47(54-46)38-28-32-41(33-29-38)56-50-24-14-10-20-44(50)53(3,4)45-21-11-15-25-51(45)56/h5-35H,1-4H3. The maximum absolute atomic E-state index is 5.34. The Kier molecular flexibility index (Phi) is 7.83. The first-order chi connectivity index (χ1) is 27.3. The van der Waals surface area contributed by atoms with Crippen molar-refractivity contribution in [3.63, 3.8) is 0 Å². The van der Waals surface area contributed by atoms with Crippen molar-refractivity contribution >= 4 is 34.1 Å². The smallest absolute Gasteiger partial charge is 0.0715 e. The van der Waals surface area contributed by atoms with Crippen molar-refractivity contribution in [2.45, 2.75) is 38.5 Å². The SMILES string of the molecule is CC1(C)c2ccccc2N(c2ccc(-c3cc(-c4ccccc4)cc(-c4ccc(N5c6ccccc6C(C)(C)c6ccccc65)cc4)n3)cc2)c2ccccc21. The van der Waals surface area contributed by atoms with Gasteiger partial charge in [0.05, 0.1) is 34.1 Å². The number of benzene rings is 7. The van der Waals surface area contributed by atoms with Gasteiger partial charge in [0.25, 0.3) is 0 Å². The molecule has 0 saturated heterocycles. The number of nitrogens with zero attached hydrogens (tertiary/aromatic N) is 3. The maximum atomic E-state index is 5.34. The molecule has 0 amide bonds. The second-order valence-electron chi connectivity index (χ2n) is 16.1. The first-order valence-corrected chi connectivity index (χ1v) is 19.6. The Morgan fingerprint density at radius 1 is 0.321 bits per heavy atom. The summed E-state index contributed by atoms with van der Waals surface area (Å²) < 4.78 is 0. The number of pyridine rings is 1. The highest BCUT2D eigenvalue weighted by Crippen LogP contribution is 2.53. The Hall–Kier alpha value is -6.71. The summed E-state index contributed by atoms with van der Waals surface area (Å²) in [4.78, 5) is 10.1. The zero-order valence-corrected chi connectivity index (χ0v) is 32.2. The molecule has 8 aromatic rings. The van der Waals surface area contributed by atoms with Crippen LogP contribution in [0.4, 0.5) is 34.1 Å². The van der Waals surface area contributed by atoms with Crippen LogP contribution in [0.1, 0.15) is 49.9 Å². The lowest BCUT2D eigenvalue weighted by atomic mass is 9.73. The Balaban J connectivity index is 1.04. The van der Waals surface area contributed by atoms with Crippen LogP contribution in [0.3, 0.4) is 0 Å². The van der Waals surface area contributed by atoms with Gasteiger partial charge in [-0.3, -0.25) is 0 Å². The molecular formula is C53H43N3. The summed E-state index contributed by atoms with van der Waals surface area (Å²) >= 11 is 0. The monoisotopic (exact) mass is 721 g/mol. The molecule has 0 aliphatic carbocycles. The number of fused-ring (bicyclic) bond motifs is 4. The van der Waals surface area contributed by atoms with E-state index in [4.69, 9.17) is 4.98 Å². The van der Waals surface area contributed by atoms with E-state index in [-0.39, 0.29) is 10.8 Å². The van der Waals surface area contributed by atoms with Crippen LogP contribution in [0.25, 0.3) is 33.6 Å². The van der Waals surface area contributed by atoms with E-state index in [0.717, 1.165) is 39.5 Å². The fourth-order valence-electron chi connectivity index (χ4n) is 9.08. The van der Waals surface area contributed by atoms with Crippen molar-refractivity contribution in [2.24, 2.45) is 0 Å². The lowest BCUT2D eigenvalue weighted by Crippen LogP contribution is -2.30. The zero-order chi connectivity index (χ0) is 38.0. The number of rotatable bonds is 5. The molecule has 0 N–H and O–H groups in total. The van der Waals surface area contributed by atoms with Crippen LogP contribution in [-0.4, -0.2) is 4.98 Å². The summed E-state index contributed by atoms with van der Waals surface area (Å²) in [5.74, 6) is 0. The molecule has 0 radical (unpaired) electrons. The number of hydrogen-bond donors (Lipinski definition) is 0. The predicted molar refractivity (Wildman–Crippen MR) is 234 cm³/mol. The van der Waals surface area contributed by atoms with Gasteiger partial charge in [0.1, 0.15) is 0 Å². The van der Waals surface area contributed by atoms with Gasteiger partial charge in [-0.05, 0) is 94.0 Å². The van der Waals surface area contributed by atoms with Crippen molar-refractivity contribution in [3.8, 4) is 33.6 Å². The topological polar surface area (TPSA) is 19.4 Å². The van der Waals surface area contributed by atoms with Gasteiger partial charge in [-0.25, -0.2) is 4.98 Å². The van der Waals surface area contributed by atoms with Crippen molar-refractivity contribution in [3.05, 3.63) is 210 Å². The van der Waals surface area contributed by atoms with Crippen LogP contribution in [0, 0.1) is 0 Å². The van der Waals surface area contributed by atoms with Crippen molar-refractivity contribution in [1.82, 2.24) is 4.98 Å². The van der Waals surface area contributed by atoms with E-state index >= 15 is 0 Å². The largest absolute Gasteiger partial charge is 0.310 e. The van der Waals surface area contributed by atoms with Gasteiger partial charge in [-0.15, -0.1) is 0 Å². The summed E-state index contributed by atoms with van der Waals surface area (Å²) in [5, 5.41) is 0. The number of hydrogen-bond acceptors (Lipinski definition) is 3. The molecule has 0 unspecified atom stereocenters. The van der Waals surface area contributed by atoms with E-state index in [0.29, 0.717) is 0 Å². The van der Waals surface area contributed by atoms with Gasteiger partial charge in [0.15, 0.2) is 0 Å². The molecule has 0 spiro atoms. The maximum Gasteiger partial charge on any atom is 0.0715 e. The highest BCUT2D eigenvalue weighted by atomic mass is 15.2. The summed E-state index contributed by atoms with van der Waals surface area (Å²) in [6.45, 7) is 9.31. The molecule has 1 aromatic heterocycles. The average Bonchev–Trinajstić information content (AvgIpc) is 3.25. The first-order valence-electron chi connectivity index (χ1n) is 19.6. The molecule has 2 aliphatic rings. The van der Waals surface area contributed by atoms with E-state index in [1.165, 1.54) is 50.6 Å². The van der Waals surface area contributed by atoms with Gasteiger partial charge in [0.2, 0.25) is 0 Å². The molecular weight excluding hydrogens is 679 g/mol. The van der Waals surface area contributed by atoms with Gasteiger partial charge >= 0.3 is 0 Å². The van der Waals surface area contributed by atoms with Crippen LogP contribution >= 0.6 is 0 Å². The molecule has 3 nitrogen and oxygen atoms in total. The number of anilines is 6. The van der Waals surface area contributed by atoms with E-state index in [2.05, 4.69) is 226 Å². The van der Waals surface area contributed by atoms with Gasteiger partial charge in [-0.1, -0.05) is 155 Å². The van der Waals surface area contributed by atoms with E-state index in [1.807, 2.05) is 0 Å². The summed E-state index contributed by atoms with van der Waals surface area (Å²) in [5.41, 5.74) is 18.6. The van der Waals surface area contributed by atoms with Crippen molar-refractivity contribution in [2.75, 3.05) is 9.80 Å². The third-order valence-electron chi connectivity index (χ3n) is 12.0. The highest BCUT2D eigenvalue weighted by molar-refractivity contribution is 5.88. The Bertz CT molecular complexity index is 2480. The average molecular weight is 722 g/mol. The van der Waals surface area contributed by atoms with E-state index < -0.39 is 0 Å². The molecule has 0 bridgehead atoms. The van der Waals surface area contributed by atoms with E-state index in [9.17, 15) is 0 Å². The molecule has 0 saturated carbocycles. The van der Waals surface area contributed by atoms with Crippen molar-refractivity contribution in [1.29, 1.82) is 0 Å². The van der Waals surface area contributed by atoms with E-state index in [1.54, 1.807) is 0 Å². The van der Waals surface area contributed by atoms with Gasteiger partial charge in [0, 0.05) is 33.3 Å². The van der Waals surface area contributed by atoms with Crippen LogP contribution in [-0.2, 0) is 10.8 Å². The third kappa shape index (κ3) is 5.38. The molecule has 56 heavy (non-hydrogen) atoms. The van der Waals surface area contributed by atoms with Crippen LogP contribution in [0.2, 0.25) is 0 Å². The minimum atomic E-state index is -0.0975. The molecule has 7 aromatic carbocycles. The quantitative estimate of drug-likeness (QED) is 0.176. The third-order valence-corrected chi connectivity index (χ3v) is 12.0. The minimum absolute atomic E-state index is 0.0975. The van der Waals surface area contributed by atoms with Crippen LogP contribution in [0.15, 0.2) is 188 Å². The molecule has 0 atom stereocenters. The highest BCUT2D eigenvalue weighted by Gasteiger charge is 2.37. The first kappa shape index (κ1) is 33.8. The van der Waals surface area contributed by atoms with Crippen LogP contribution in [0.5, 0.6) is 0 Å². The predicted octanol–water partition coefficient (Wildman–Crippen LogP) is 14.3. The fraction of sp³-hybridized carbons (Fsp3) is 0.113. The molecule has 0 fully saturated rings. The zero-order valence-electron chi connectivity index (χ0n) is 32.2. The second-order valence-corrected chi connectivity index (χ2v) is 16.1. The van der Waals surface area contributed by atoms with Crippen LogP contribution < -0.4 is 9.80 Å². The molecule has 270 valence electrons. The summed E-state index contributed by atoms with van der Waals surface area (Å²) in [6.07, 6.45) is 0. The van der Waals surface area contributed by atoms with Gasteiger partial charge in [-0.2, -0.15) is 0 Å². The molecule has 3 heterocycles. The summed E-state index contributed by atoms with van der Waals surface area (Å²) in [7, 11) is 0. The lowest BCUT2D eigenvalue weighted by Gasteiger charge is -2.42. The molecule has 2 aliphatic heterocycles. The Morgan fingerprint density at radius 2 is 0.643 bits per heavy atom. The molecule has 10 rings (SSSR count). The molecule has 3 heteroatoms. The number of aromatic nitrogens is 1. The number of para-hydroxylation sites is 4. The fourth-order valence-corrected chi connectivity index (χ4v) is 9.08. The van der Waals surface area contributed by atoms with Crippen molar-refractivity contribution < 1.29 is 0 Å². The van der Waals surface area contributed by atoms with Gasteiger partial charge < -0.3 is 9.80 Å². The summed E-state index contributed by atoms with van der Waals surface area (Å²) in [6, 6.07) is 68.1. The second kappa shape index (κ2) is 13.0. The Labute approximate surface area is 330 Å². The lowest BCUT2D eigenvalue weighted by molar-refractivity contribution is 0.632. The normalized spacial score (nSPS) is 14.6.